The molecular weight excluding hydrogens is 200 g/mol. The first kappa shape index (κ1) is 10.8. The zero-order valence-electron chi connectivity index (χ0n) is 9.52. The van der Waals surface area contributed by atoms with Gasteiger partial charge in [-0.15, -0.1) is 0 Å². The summed E-state index contributed by atoms with van der Waals surface area (Å²) in [5.74, 6) is 0.897. The van der Waals surface area contributed by atoms with Crippen LogP contribution in [0.5, 0.6) is 5.75 Å². The van der Waals surface area contributed by atoms with E-state index in [0.29, 0.717) is 0 Å². The van der Waals surface area contributed by atoms with Gasteiger partial charge in [0.2, 0.25) is 0 Å². The minimum atomic E-state index is -0.0529. The summed E-state index contributed by atoms with van der Waals surface area (Å²) >= 11 is 0. The monoisotopic (exact) mass is 216 g/mol. The van der Waals surface area contributed by atoms with Crippen molar-refractivity contribution in [2.24, 2.45) is 0 Å². The molecule has 3 heteroatoms. The number of ether oxygens (including phenoxy) is 1. The van der Waals surface area contributed by atoms with Gasteiger partial charge >= 0.3 is 0 Å². The van der Waals surface area contributed by atoms with E-state index < -0.39 is 0 Å². The van der Waals surface area contributed by atoms with E-state index in [1.807, 2.05) is 31.2 Å². The average molecular weight is 216 g/mol. The Morgan fingerprint density at radius 1 is 1.50 bits per heavy atom. The summed E-state index contributed by atoms with van der Waals surface area (Å²) in [6.07, 6.45) is 1.80. The van der Waals surface area contributed by atoms with Crippen molar-refractivity contribution in [2.75, 3.05) is 18.1 Å². The quantitative estimate of drug-likeness (QED) is 0.762. The molecule has 0 aromatic heterocycles. The van der Waals surface area contributed by atoms with Crippen LogP contribution in [0.2, 0.25) is 0 Å². The third-order valence-corrected chi connectivity index (χ3v) is 2.89. The van der Waals surface area contributed by atoms with Crippen LogP contribution >= 0.6 is 0 Å². The molecular formula is C13H16N2O. The highest BCUT2D eigenvalue weighted by atomic mass is 16.5. The first-order valence-corrected chi connectivity index (χ1v) is 5.75. The van der Waals surface area contributed by atoms with Crippen molar-refractivity contribution in [3.05, 3.63) is 24.3 Å². The van der Waals surface area contributed by atoms with Gasteiger partial charge in [-0.2, -0.15) is 5.26 Å². The van der Waals surface area contributed by atoms with E-state index >= 15 is 0 Å². The van der Waals surface area contributed by atoms with E-state index in [1.165, 1.54) is 0 Å². The highest BCUT2D eigenvalue weighted by molar-refractivity contribution is 5.60. The number of fused-ring (bicyclic) bond motifs is 1. The fourth-order valence-corrected chi connectivity index (χ4v) is 2.06. The van der Waals surface area contributed by atoms with Gasteiger partial charge < -0.3 is 9.64 Å². The Hall–Kier alpha value is -1.69. The third kappa shape index (κ3) is 1.96. The van der Waals surface area contributed by atoms with Gasteiger partial charge in [-0.05, 0) is 25.0 Å². The molecule has 16 heavy (non-hydrogen) atoms. The van der Waals surface area contributed by atoms with Crippen LogP contribution < -0.4 is 9.64 Å². The average Bonchev–Trinajstić information content (AvgIpc) is 2.54. The molecule has 84 valence electrons. The Labute approximate surface area is 96.2 Å². The maximum Gasteiger partial charge on any atom is 0.142 e. The summed E-state index contributed by atoms with van der Waals surface area (Å²) in [5, 5.41) is 9.16. The van der Waals surface area contributed by atoms with Crippen LogP contribution in [0.15, 0.2) is 24.3 Å². The second kappa shape index (κ2) is 4.89. The Kier molecular flexibility index (Phi) is 3.31. The van der Waals surface area contributed by atoms with E-state index in [2.05, 4.69) is 11.0 Å². The molecule has 2 rings (SSSR count). The fourth-order valence-electron chi connectivity index (χ4n) is 2.06. The summed E-state index contributed by atoms with van der Waals surface area (Å²) in [7, 11) is 0. The van der Waals surface area contributed by atoms with Crippen LogP contribution in [-0.4, -0.2) is 19.2 Å². The number of benzene rings is 1. The summed E-state index contributed by atoms with van der Waals surface area (Å²) in [6, 6.07) is 10.3. The Balaban J connectivity index is 2.36. The number of nitrogens with zero attached hydrogens (tertiary/aromatic N) is 2. The molecule has 1 aliphatic rings. The van der Waals surface area contributed by atoms with Gasteiger partial charge in [0, 0.05) is 6.54 Å². The smallest absolute Gasteiger partial charge is 0.142 e. The lowest BCUT2D eigenvalue weighted by Crippen LogP contribution is -2.34. The molecule has 1 aromatic carbocycles. The van der Waals surface area contributed by atoms with Crippen molar-refractivity contribution < 1.29 is 4.74 Å². The SMILES string of the molecule is CCC(C#N)N1CCCOc2ccccc21. The number of hydrogen-bond acceptors (Lipinski definition) is 3. The molecule has 0 fully saturated rings. The van der Waals surface area contributed by atoms with Gasteiger partial charge in [-0.1, -0.05) is 19.1 Å². The highest BCUT2D eigenvalue weighted by Crippen LogP contribution is 2.32. The summed E-state index contributed by atoms with van der Waals surface area (Å²) in [6.45, 7) is 3.67. The van der Waals surface area contributed by atoms with Crippen LogP contribution in [0.3, 0.4) is 0 Å². The van der Waals surface area contributed by atoms with Crippen LogP contribution in [0.4, 0.5) is 5.69 Å². The normalized spacial score (nSPS) is 16.6. The lowest BCUT2D eigenvalue weighted by atomic mass is 10.1. The van der Waals surface area contributed by atoms with Gasteiger partial charge in [0.25, 0.3) is 0 Å². The van der Waals surface area contributed by atoms with E-state index in [0.717, 1.165) is 37.4 Å². The molecule has 1 heterocycles. The molecule has 0 spiro atoms. The molecule has 0 aliphatic carbocycles. The molecule has 1 aliphatic heterocycles. The van der Waals surface area contributed by atoms with E-state index in [9.17, 15) is 0 Å². The lowest BCUT2D eigenvalue weighted by molar-refractivity contribution is 0.322. The first-order valence-electron chi connectivity index (χ1n) is 5.75. The van der Waals surface area contributed by atoms with Gasteiger partial charge in [0.05, 0.1) is 18.4 Å². The fraction of sp³-hybridized carbons (Fsp3) is 0.462. The van der Waals surface area contributed by atoms with Crippen molar-refractivity contribution in [2.45, 2.75) is 25.8 Å². The predicted molar refractivity (Wildman–Crippen MR) is 63.6 cm³/mol. The molecule has 1 aromatic rings. The molecule has 0 saturated heterocycles. The molecule has 0 saturated carbocycles. The summed E-state index contributed by atoms with van der Waals surface area (Å²) < 4.78 is 5.67. The predicted octanol–water partition coefficient (Wildman–Crippen LogP) is 2.58. The van der Waals surface area contributed by atoms with Gasteiger partial charge in [0.1, 0.15) is 11.8 Å². The maximum atomic E-state index is 9.16. The minimum Gasteiger partial charge on any atom is -0.491 e. The Morgan fingerprint density at radius 3 is 3.06 bits per heavy atom. The van der Waals surface area contributed by atoms with Crippen LogP contribution in [0.25, 0.3) is 0 Å². The molecule has 0 amide bonds. The van der Waals surface area contributed by atoms with E-state index in [-0.39, 0.29) is 6.04 Å². The molecule has 3 nitrogen and oxygen atoms in total. The molecule has 1 atom stereocenters. The Bertz CT molecular complexity index is 397. The molecule has 0 bridgehead atoms. The third-order valence-electron chi connectivity index (χ3n) is 2.89. The van der Waals surface area contributed by atoms with Crippen molar-refractivity contribution in [3.63, 3.8) is 0 Å². The second-order valence-corrected chi connectivity index (χ2v) is 3.92. The summed E-state index contributed by atoms with van der Waals surface area (Å²) in [4.78, 5) is 2.16. The molecule has 0 N–H and O–H groups in total. The number of hydrogen-bond donors (Lipinski definition) is 0. The van der Waals surface area contributed by atoms with Gasteiger partial charge in [-0.25, -0.2) is 0 Å². The van der Waals surface area contributed by atoms with Crippen LogP contribution in [-0.2, 0) is 0 Å². The highest BCUT2D eigenvalue weighted by Gasteiger charge is 2.21. The number of nitriles is 1. The van der Waals surface area contributed by atoms with Crippen LogP contribution in [0, 0.1) is 11.3 Å². The van der Waals surface area contributed by atoms with E-state index in [4.69, 9.17) is 10.00 Å². The van der Waals surface area contributed by atoms with Crippen molar-refractivity contribution in [1.82, 2.24) is 0 Å². The van der Waals surface area contributed by atoms with Crippen molar-refractivity contribution >= 4 is 5.69 Å². The largest absolute Gasteiger partial charge is 0.491 e. The first-order chi connectivity index (χ1) is 7.86. The van der Waals surface area contributed by atoms with Crippen molar-refractivity contribution in [3.8, 4) is 11.8 Å². The Morgan fingerprint density at radius 2 is 2.31 bits per heavy atom. The maximum absolute atomic E-state index is 9.16. The molecule has 0 radical (unpaired) electrons. The topological polar surface area (TPSA) is 36.3 Å². The zero-order valence-corrected chi connectivity index (χ0v) is 9.52. The minimum absolute atomic E-state index is 0.0529. The standard InChI is InChI=1S/C13H16N2O/c1-2-11(10-14)15-8-5-9-16-13-7-4-3-6-12(13)15/h3-4,6-7,11H,2,5,8-9H2,1H3. The van der Waals surface area contributed by atoms with Gasteiger partial charge in [0.15, 0.2) is 0 Å². The zero-order chi connectivity index (χ0) is 11.4. The van der Waals surface area contributed by atoms with E-state index in [1.54, 1.807) is 0 Å². The number of anilines is 1. The van der Waals surface area contributed by atoms with Gasteiger partial charge in [-0.3, -0.25) is 0 Å². The lowest BCUT2D eigenvalue weighted by Gasteiger charge is -2.27. The number of para-hydroxylation sites is 2. The van der Waals surface area contributed by atoms with Crippen molar-refractivity contribution in [1.29, 1.82) is 5.26 Å². The molecule has 1 unspecified atom stereocenters. The summed E-state index contributed by atoms with van der Waals surface area (Å²) in [5.41, 5.74) is 1.05. The van der Waals surface area contributed by atoms with Crippen LogP contribution in [0.1, 0.15) is 19.8 Å². The second-order valence-electron chi connectivity index (χ2n) is 3.92. The number of rotatable bonds is 2.